The maximum absolute atomic E-state index is 15.7. The van der Waals surface area contributed by atoms with Gasteiger partial charge in [-0.2, -0.15) is 28.2 Å². The van der Waals surface area contributed by atoms with Crippen molar-refractivity contribution >= 4 is 17.4 Å². The maximum Gasteiger partial charge on any atom is 0.418 e. The summed E-state index contributed by atoms with van der Waals surface area (Å²) >= 11 is 0. The van der Waals surface area contributed by atoms with Gasteiger partial charge in [-0.3, -0.25) is 14.4 Å². The fourth-order valence-electron chi connectivity index (χ4n) is 7.91. The second kappa shape index (κ2) is 13.3. The van der Waals surface area contributed by atoms with Gasteiger partial charge in [-0.1, -0.05) is 18.1 Å². The number of fused-ring (bicyclic) bond motifs is 3. The fraction of sp³-hybridized carbons (Fsp3) is 0.500. The maximum atomic E-state index is 15.7. The van der Waals surface area contributed by atoms with Crippen molar-refractivity contribution in [3.63, 3.8) is 0 Å². The van der Waals surface area contributed by atoms with E-state index < -0.39 is 52.2 Å². The van der Waals surface area contributed by atoms with Crippen LogP contribution in [-0.2, 0) is 37.0 Å². The Morgan fingerprint density at radius 3 is 2.75 bits per heavy atom. The Bertz CT molecular complexity index is 2000. The van der Waals surface area contributed by atoms with E-state index in [0.717, 1.165) is 17.3 Å². The minimum Gasteiger partial charge on any atom is -0.461 e. The number of anilines is 2. The highest BCUT2D eigenvalue weighted by Crippen LogP contribution is 2.45. The van der Waals surface area contributed by atoms with Crippen LogP contribution in [0.15, 0.2) is 24.3 Å². The summed E-state index contributed by atoms with van der Waals surface area (Å²) in [5.41, 5.74) is 5.15. The molecule has 1 amide bonds. The summed E-state index contributed by atoms with van der Waals surface area (Å²) in [6.45, 7) is 7.46. The van der Waals surface area contributed by atoms with Crippen molar-refractivity contribution in [1.29, 1.82) is 0 Å². The van der Waals surface area contributed by atoms with Crippen molar-refractivity contribution in [2.24, 2.45) is 0 Å². The molecule has 11 nitrogen and oxygen atoms in total. The Morgan fingerprint density at radius 2 is 2.02 bits per heavy atom. The molecular formula is C36H39F5N8O3. The summed E-state index contributed by atoms with van der Waals surface area (Å²) in [5.74, 6) is 3.81. The quantitative estimate of drug-likeness (QED) is 0.165. The first-order chi connectivity index (χ1) is 24.7. The van der Waals surface area contributed by atoms with Crippen LogP contribution < -0.4 is 15.4 Å². The molecule has 3 aromatic rings. The molecule has 0 spiro atoms. The van der Waals surface area contributed by atoms with Gasteiger partial charge < -0.3 is 25.0 Å². The van der Waals surface area contributed by atoms with Crippen molar-refractivity contribution in [3.8, 4) is 17.9 Å². The topological polar surface area (TPSA) is 115 Å². The molecule has 0 saturated carbocycles. The highest BCUT2D eigenvalue weighted by Gasteiger charge is 2.51. The molecule has 0 radical (unpaired) electrons. The van der Waals surface area contributed by atoms with Gasteiger partial charge in [0.25, 0.3) is 5.91 Å². The Hall–Kier alpha value is -4.75. The molecule has 276 valence electrons. The van der Waals surface area contributed by atoms with E-state index in [-0.39, 0.29) is 44.5 Å². The van der Waals surface area contributed by atoms with Gasteiger partial charge in [-0.25, -0.2) is 8.78 Å². The molecule has 0 unspecified atom stereocenters. The van der Waals surface area contributed by atoms with Crippen molar-refractivity contribution in [2.75, 3.05) is 51.0 Å². The number of hydrogen-bond donors (Lipinski definition) is 1. The van der Waals surface area contributed by atoms with Crippen LogP contribution in [0, 0.1) is 17.7 Å². The summed E-state index contributed by atoms with van der Waals surface area (Å²) in [4.78, 5) is 27.6. The largest absolute Gasteiger partial charge is 0.461 e. The van der Waals surface area contributed by atoms with Crippen LogP contribution >= 0.6 is 0 Å². The summed E-state index contributed by atoms with van der Waals surface area (Å²) in [6, 6.07) is 2.56. The second-order valence-corrected chi connectivity index (χ2v) is 14.1. The van der Waals surface area contributed by atoms with Crippen molar-refractivity contribution in [3.05, 3.63) is 69.4 Å². The lowest BCUT2D eigenvalue weighted by atomic mass is 9.91. The molecule has 2 aromatic heterocycles. The average Bonchev–Trinajstić information content (AvgIpc) is 3.66. The van der Waals surface area contributed by atoms with Gasteiger partial charge in [0.15, 0.2) is 11.5 Å². The molecular weight excluding hydrogens is 687 g/mol. The highest BCUT2D eigenvalue weighted by atomic mass is 19.4. The Labute approximate surface area is 297 Å². The molecule has 2 N–H and O–H groups in total. The third-order valence-electron chi connectivity index (χ3n) is 10.1. The lowest BCUT2D eigenvalue weighted by molar-refractivity contribution is -0.140. The molecule has 1 aromatic carbocycles. The normalized spacial score (nSPS) is 23.0. The van der Waals surface area contributed by atoms with E-state index in [0.29, 0.717) is 61.8 Å². The van der Waals surface area contributed by atoms with Crippen LogP contribution in [0.4, 0.5) is 33.5 Å². The number of nitrogen functional groups attached to an aromatic ring is 1. The first-order valence-electron chi connectivity index (χ1n) is 17.0. The number of nitrogens with two attached hydrogens (primary N) is 1. The SMILES string of the molecule is C=C1CN2C[C@@H](F)C[C@]2(COc2nc3c(c(N4CCCn5nc(C(=O)N(C)C)cc5C4)n2)CO[C@@H](c2c(F)c(N)cc(C#CC)c2C(F)(F)F)C3)C1. The van der Waals surface area contributed by atoms with Crippen LogP contribution in [0.3, 0.4) is 0 Å². The molecule has 0 aliphatic carbocycles. The molecule has 7 rings (SSSR count). The molecule has 3 atom stereocenters. The number of nitrogens with zero attached hydrogens (tertiary/aromatic N) is 7. The minimum absolute atomic E-state index is 0.0496. The number of aryl methyl sites for hydroxylation is 1. The van der Waals surface area contributed by atoms with Crippen molar-refractivity contribution in [1.82, 2.24) is 29.5 Å². The average molecular weight is 727 g/mol. The number of halogens is 5. The standard InChI is InChI=1S/C36H39F5N8O3/c1-5-7-21-10-25(42)31(38)29(30(21)36(39,40)41)28-12-26-24(18-51-28)32(47-8-6-9-49-23(17-47)11-27(45-49)33(50)46(3)4)44-34(43-26)52-19-35-13-20(2)15-48(35)16-22(37)14-35/h10-11,22,28H,2,6,8-9,12-19,42H2,1,3-4H3/t22-,28+,35-/m0/s1. The zero-order valence-electron chi connectivity index (χ0n) is 29.1. The molecule has 6 heterocycles. The van der Waals surface area contributed by atoms with E-state index in [1.807, 2.05) is 9.80 Å². The Kier molecular flexibility index (Phi) is 9.15. The molecule has 0 bridgehead atoms. The van der Waals surface area contributed by atoms with Crippen LogP contribution in [-0.4, -0.2) is 87.5 Å². The number of benzene rings is 1. The van der Waals surface area contributed by atoms with Gasteiger partial charge >= 0.3 is 12.2 Å². The Morgan fingerprint density at radius 1 is 1.23 bits per heavy atom. The molecule has 2 fully saturated rings. The van der Waals surface area contributed by atoms with Gasteiger partial charge in [0.1, 0.15) is 18.6 Å². The highest BCUT2D eigenvalue weighted by molar-refractivity contribution is 5.92. The van der Waals surface area contributed by atoms with E-state index >= 15 is 4.39 Å². The number of carbonyl (C=O) groups excluding carboxylic acids is 1. The lowest BCUT2D eigenvalue weighted by Gasteiger charge is -2.33. The number of rotatable bonds is 6. The number of ether oxygens (including phenoxy) is 2. The minimum atomic E-state index is -4.97. The fourth-order valence-corrected chi connectivity index (χ4v) is 7.91. The number of hydrogen-bond acceptors (Lipinski definition) is 9. The smallest absolute Gasteiger partial charge is 0.418 e. The molecule has 52 heavy (non-hydrogen) atoms. The third kappa shape index (κ3) is 6.44. The molecule has 16 heteroatoms. The molecule has 4 aliphatic heterocycles. The summed E-state index contributed by atoms with van der Waals surface area (Å²) in [5, 5.41) is 4.52. The summed E-state index contributed by atoms with van der Waals surface area (Å²) < 4.78 is 88.2. The van der Waals surface area contributed by atoms with Crippen LogP contribution in [0.1, 0.15) is 76.4 Å². The lowest BCUT2D eigenvalue weighted by Crippen LogP contribution is -2.43. The van der Waals surface area contributed by atoms with Crippen molar-refractivity contribution < 1.29 is 36.2 Å². The van der Waals surface area contributed by atoms with E-state index in [4.69, 9.17) is 20.2 Å². The number of carbonyl (C=O) groups is 1. The van der Waals surface area contributed by atoms with Crippen molar-refractivity contribution in [2.45, 2.75) is 76.3 Å². The number of alkyl halides is 4. The summed E-state index contributed by atoms with van der Waals surface area (Å²) in [7, 11) is 3.29. The van der Waals surface area contributed by atoms with Gasteiger partial charge in [-0.15, -0.1) is 5.92 Å². The predicted molar refractivity (Wildman–Crippen MR) is 181 cm³/mol. The zero-order valence-corrected chi connectivity index (χ0v) is 29.1. The Balaban J connectivity index is 1.29. The molecule has 2 saturated heterocycles. The number of amides is 1. The summed E-state index contributed by atoms with van der Waals surface area (Å²) in [6.07, 6.45) is -6.24. The molecule has 4 aliphatic rings. The van der Waals surface area contributed by atoms with Crippen LogP contribution in [0.2, 0.25) is 0 Å². The van der Waals surface area contributed by atoms with Gasteiger partial charge in [0.05, 0.1) is 47.4 Å². The van der Waals surface area contributed by atoms with E-state index in [1.54, 1.807) is 24.8 Å². The third-order valence-corrected chi connectivity index (χ3v) is 10.1. The van der Waals surface area contributed by atoms with Crippen LogP contribution in [0.25, 0.3) is 0 Å². The first-order valence-corrected chi connectivity index (χ1v) is 17.0. The van der Waals surface area contributed by atoms with Gasteiger partial charge in [0.2, 0.25) is 0 Å². The second-order valence-electron chi connectivity index (χ2n) is 14.1. The van der Waals surface area contributed by atoms with E-state index in [2.05, 4.69) is 28.5 Å². The predicted octanol–water partition coefficient (Wildman–Crippen LogP) is 4.83. The van der Waals surface area contributed by atoms with E-state index in [9.17, 15) is 22.4 Å². The zero-order chi connectivity index (χ0) is 37.1. The number of aromatic nitrogens is 4. The van der Waals surface area contributed by atoms with Gasteiger partial charge in [0, 0.05) is 69.8 Å². The van der Waals surface area contributed by atoms with Crippen LogP contribution in [0.5, 0.6) is 6.01 Å². The van der Waals surface area contributed by atoms with Gasteiger partial charge in [-0.05, 0) is 31.9 Å². The van der Waals surface area contributed by atoms with E-state index in [1.165, 1.54) is 11.8 Å². The first kappa shape index (κ1) is 35.6. The monoisotopic (exact) mass is 726 g/mol.